The summed E-state index contributed by atoms with van der Waals surface area (Å²) in [6.45, 7) is 4.35. The van der Waals surface area contributed by atoms with E-state index in [9.17, 15) is 13.2 Å². The number of fused-ring (bicyclic) bond motifs is 1. The molecule has 0 aliphatic carbocycles. The molecule has 8 nitrogen and oxygen atoms in total. The van der Waals surface area contributed by atoms with Gasteiger partial charge in [-0.15, -0.1) is 0 Å². The van der Waals surface area contributed by atoms with Crippen LogP contribution in [-0.4, -0.2) is 29.0 Å². The van der Waals surface area contributed by atoms with Crippen LogP contribution in [0, 0.1) is 6.92 Å². The van der Waals surface area contributed by atoms with E-state index in [1.54, 1.807) is 19.9 Å². The summed E-state index contributed by atoms with van der Waals surface area (Å²) in [7, 11) is -3.96. The molecule has 3 aromatic rings. The minimum atomic E-state index is -3.96. The zero-order valence-electron chi connectivity index (χ0n) is 16.2. The molecule has 1 atom stereocenters. The predicted octanol–water partition coefficient (Wildman–Crippen LogP) is 3.87. The molecule has 1 saturated heterocycles. The first-order valence-electron chi connectivity index (χ1n) is 9.61. The van der Waals surface area contributed by atoms with Gasteiger partial charge in [-0.25, -0.2) is 13.2 Å². The van der Waals surface area contributed by atoms with Crippen LogP contribution in [0.15, 0.2) is 36.8 Å². The Morgan fingerprint density at radius 3 is 2.72 bits per heavy atom. The summed E-state index contributed by atoms with van der Waals surface area (Å²) in [4.78, 5) is 11.9. The summed E-state index contributed by atoms with van der Waals surface area (Å²) in [6, 6.07) is 4.13. The zero-order valence-corrected chi connectivity index (χ0v) is 17.8. The van der Waals surface area contributed by atoms with Gasteiger partial charge in [-0.05, 0) is 32.8 Å². The molecule has 2 aromatic heterocycles. The van der Waals surface area contributed by atoms with Crippen LogP contribution >= 0.6 is 11.6 Å². The lowest BCUT2D eigenvalue weighted by atomic mass is 10.1. The van der Waals surface area contributed by atoms with Gasteiger partial charge in [-0.3, -0.25) is 4.57 Å². The number of rotatable bonds is 4. The molecule has 10 heteroatoms. The van der Waals surface area contributed by atoms with E-state index in [1.165, 1.54) is 21.0 Å². The van der Waals surface area contributed by atoms with Crippen LogP contribution in [0.2, 0.25) is 5.02 Å². The Morgan fingerprint density at radius 1 is 1.24 bits per heavy atom. The number of aromatic nitrogens is 2. The van der Waals surface area contributed by atoms with Crippen LogP contribution in [0.25, 0.3) is 11.1 Å². The van der Waals surface area contributed by atoms with Gasteiger partial charge < -0.3 is 8.94 Å². The number of nitrogens with zero attached hydrogens (tertiary/aromatic N) is 3. The monoisotopic (exact) mass is 439 g/mol. The first-order valence-corrected chi connectivity index (χ1v) is 11.4. The fraction of sp³-hybridized carbons (Fsp3) is 0.474. The molecule has 29 heavy (non-hydrogen) atoms. The lowest BCUT2D eigenvalue weighted by Crippen LogP contribution is -2.34. The number of hydrogen-bond acceptors (Lipinski definition) is 6. The highest BCUT2D eigenvalue weighted by atomic mass is 35.5. The van der Waals surface area contributed by atoms with Crippen LogP contribution in [0.1, 0.15) is 50.1 Å². The molecule has 0 spiro atoms. The highest BCUT2D eigenvalue weighted by Crippen LogP contribution is 2.37. The lowest BCUT2D eigenvalue weighted by molar-refractivity contribution is 0.258. The molecule has 0 bridgehead atoms. The van der Waals surface area contributed by atoms with E-state index in [-0.39, 0.29) is 15.5 Å². The third-order valence-corrected chi connectivity index (χ3v) is 7.68. The fourth-order valence-corrected chi connectivity index (χ4v) is 6.06. The van der Waals surface area contributed by atoms with Gasteiger partial charge in [-0.1, -0.05) is 29.6 Å². The van der Waals surface area contributed by atoms with Crippen molar-refractivity contribution in [2.24, 2.45) is 0 Å². The molecule has 156 valence electrons. The van der Waals surface area contributed by atoms with E-state index in [0.717, 1.165) is 19.3 Å². The van der Waals surface area contributed by atoms with Crippen LogP contribution in [0.4, 0.5) is 0 Å². The van der Waals surface area contributed by atoms with Gasteiger partial charge in [0.2, 0.25) is 10.0 Å². The van der Waals surface area contributed by atoms with Crippen molar-refractivity contribution in [1.82, 2.24) is 14.0 Å². The van der Waals surface area contributed by atoms with E-state index < -0.39 is 21.8 Å². The smallest absolute Gasteiger partial charge is 0.408 e. The van der Waals surface area contributed by atoms with Gasteiger partial charge in [0.25, 0.3) is 0 Å². The van der Waals surface area contributed by atoms with Gasteiger partial charge >= 0.3 is 5.76 Å². The predicted molar refractivity (Wildman–Crippen MR) is 107 cm³/mol. The van der Waals surface area contributed by atoms with Crippen molar-refractivity contribution in [3.05, 3.63) is 45.2 Å². The molecule has 1 aromatic carbocycles. The van der Waals surface area contributed by atoms with Crippen molar-refractivity contribution in [2.75, 3.05) is 6.54 Å². The summed E-state index contributed by atoms with van der Waals surface area (Å²) in [5.74, 6) is -0.0215. The van der Waals surface area contributed by atoms with Crippen molar-refractivity contribution in [3.8, 4) is 0 Å². The van der Waals surface area contributed by atoms with Crippen LogP contribution in [0.3, 0.4) is 0 Å². The van der Waals surface area contributed by atoms with Gasteiger partial charge in [0.15, 0.2) is 11.3 Å². The first-order chi connectivity index (χ1) is 13.8. The largest absolute Gasteiger partial charge is 0.419 e. The Kier molecular flexibility index (Phi) is 5.30. The van der Waals surface area contributed by atoms with E-state index in [0.29, 0.717) is 36.5 Å². The van der Waals surface area contributed by atoms with E-state index in [4.69, 9.17) is 20.5 Å². The second kappa shape index (κ2) is 7.62. The highest BCUT2D eigenvalue weighted by molar-refractivity contribution is 7.89. The molecule has 1 aliphatic heterocycles. The second-order valence-electron chi connectivity index (χ2n) is 7.21. The van der Waals surface area contributed by atoms with Crippen molar-refractivity contribution in [2.45, 2.75) is 57.0 Å². The summed E-state index contributed by atoms with van der Waals surface area (Å²) in [6.07, 6.45) is 3.19. The second-order valence-corrected chi connectivity index (χ2v) is 9.48. The number of oxazole rings is 1. The SMILES string of the molecule is CCn1c(=O)oc2cc(S(=O)(=O)N3CCCCCC3c3cc(C)no3)c(Cl)cc21. The normalized spacial score (nSPS) is 18.9. The lowest BCUT2D eigenvalue weighted by Gasteiger charge is -2.27. The summed E-state index contributed by atoms with van der Waals surface area (Å²) in [5.41, 5.74) is 1.37. The minimum Gasteiger partial charge on any atom is -0.408 e. The Labute approximate surface area is 173 Å². The third-order valence-electron chi connectivity index (χ3n) is 5.30. The topological polar surface area (TPSA) is 98.5 Å². The van der Waals surface area contributed by atoms with Crippen molar-refractivity contribution < 1.29 is 17.4 Å². The number of aryl methyl sites for hydroxylation is 2. The molecule has 0 radical (unpaired) electrons. The Morgan fingerprint density at radius 2 is 2.03 bits per heavy atom. The maximum absolute atomic E-state index is 13.6. The molecule has 4 rings (SSSR count). The van der Waals surface area contributed by atoms with Crippen molar-refractivity contribution >= 4 is 32.7 Å². The first kappa shape index (κ1) is 20.2. The standard InChI is InChI=1S/C19H22ClN3O5S/c1-3-22-15-10-13(20)18(11-16(15)27-19(22)24)29(25,26)23-8-6-4-5-7-14(23)17-9-12(2)21-28-17/h9-11,14H,3-8H2,1-2H3. The summed E-state index contributed by atoms with van der Waals surface area (Å²) < 4.78 is 40.7. The molecular formula is C19H22ClN3O5S. The molecular weight excluding hydrogens is 418 g/mol. The van der Waals surface area contributed by atoms with Crippen LogP contribution in [-0.2, 0) is 16.6 Å². The summed E-state index contributed by atoms with van der Waals surface area (Å²) in [5, 5.41) is 3.97. The molecule has 0 saturated carbocycles. The number of benzene rings is 1. The number of hydrogen-bond donors (Lipinski definition) is 0. The molecule has 1 unspecified atom stereocenters. The van der Waals surface area contributed by atoms with Gasteiger partial charge in [0.1, 0.15) is 4.90 Å². The van der Waals surface area contributed by atoms with E-state index in [1.807, 2.05) is 0 Å². The zero-order chi connectivity index (χ0) is 20.8. The molecule has 1 fully saturated rings. The summed E-state index contributed by atoms with van der Waals surface area (Å²) >= 11 is 6.39. The third kappa shape index (κ3) is 3.51. The maximum atomic E-state index is 13.6. The Balaban J connectivity index is 1.83. The van der Waals surface area contributed by atoms with Crippen LogP contribution < -0.4 is 5.76 Å². The fourth-order valence-electron chi connectivity index (χ4n) is 3.88. The van der Waals surface area contributed by atoms with Gasteiger partial charge in [-0.2, -0.15) is 4.31 Å². The number of sulfonamides is 1. The Bertz CT molecular complexity index is 1210. The molecule has 1 aliphatic rings. The van der Waals surface area contributed by atoms with E-state index in [2.05, 4.69) is 5.16 Å². The minimum absolute atomic E-state index is 0.0530. The molecule has 3 heterocycles. The molecule has 0 amide bonds. The number of halogens is 1. The van der Waals surface area contributed by atoms with E-state index >= 15 is 0 Å². The van der Waals surface area contributed by atoms with Crippen LogP contribution in [0.5, 0.6) is 0 Å². The molecule has 0 N–H and O–H groups in total. The average Bonchev–Trinajstić information content (AvgIpc) is 3.12. The van der Waals surface area contributed by atoms with Crippen molar-refractivity contribution in [3.63, 3.8) is 0 Å². The van der Waals surface area contributed by atoms with Gasteiger partial charge in [0, 0.05) is 25.2 Å². The quantitative estimate of drug-likeness (QED) is 0.611. The van der Waals surface area contributed by atoms with Crippen molar-refractivity contribution in [1.29, 1.82) is 0 Å². The maximum Gasteiger partial charge on any atom is 0.419 e. The van der Waals surface area contributed by atoms with Gasteiger partial charge in [0.05, 0.1) is 22.3 Å². The Hall–Kier alpha value is -2.10. The highest BCUT2D eigenvalue weighted by Gasteiger charge is 2.37. The average molecular weight is 440 g/mol.